The summed E-state index contributed by atoms with van der Waals surface area (Å²) in [5.74, 6) is 1.63. The third-order valence-corrected chi connectivity index (χ3v) is 2.47. The van der Waals surface area contributed by atoms with Crippen LogP contribution in [-0.2, 0) is 6.42 Å². The van der Waals surface area contributed by atoms with E-state index in [1.165, 1.54) is 5.56 Å². The summed E-state index contributed by atoms with van der Waals surface area (Å²) in [6.07, 6.45) is 2.50. The molecule has 14 heavy (non-hydrogen) atoms. The average molecular weight is 252 g/mol. The molecule has 0 radical (unpaired) electrons. The number of oxazole rings is 1. The van der Waals surface area contributed by atoms with Crippen LogP contribution in [0.25, 0.3) is 0 Å². The third kappa shape index (κ3) is 2.23. The zero-order chi connectivity index (χ0) is 9.97. The first kappa shape index (κ1) is 9.46. The maximum atomic E-state index is 5.39. The molecule has 1 aromatic carbocycles. The fourth-order valence-corrected chi connectivity index (χ4v) is 1.52. The summed E-state index contributed by atoms with van der Waals surface area (Å²) in [4.78, 5) is 4.16. The van der Waals surface area contributed by atoms with Crippen molar-refractivity contribution in [2.75, 3.05) is 0 Å². The van der Waals surface area contributed by atoms with E-state index in [-0.39, 0.29) is 0 Å². The first-order chi connectivity index (χ1) is 6.74. The SMILES string of the molecule is Cc1cnc(Cc2ccc(Br)cc2)o1. The average Bonchev–Trinajstić information content (AvgIpc) is 2.56. The molecule has 0 aliphatic heterocycles. The van der Waals surface area contributed by atoms with Gasteiger partial charge in [0.15, 0.2) is 5.89 Å². The molecule has 1 aromatic heterocycles. The molecule has 0 bridgehead atoms. The van der Waals surface area contributed by atoms with Crippen molar-refractivity contribution >= 4 is 15.9 Å². The first-order valence-corrected chi connectivity index (χ1v) is 5.19. The van der Waals surface area contributed by atoms with E-state index in [2.05, 4.69) is 33.0 Å². The summed E-state index contributed by atoms with van der Waals surface area (Å²) in [6.45, 7) is 1.90. The van der Waals surface area contributed by atoms with Crippen LogP contribution in [0.4, 0.5) is 0 Å². The molecule has 1 heterocycles. The van der Waals surface area contributed by atoms with Crippen molar-refractivity contribution in [2.24, 2.45) is 0 Å². The Hall–Kier alpha value is -1.09. The van der Waals surface area contributed by atoms with Crippen molar-refractivity contribution in [2.45, 2.75) is 13.3 Å². The summed E-state index contributed by atoms with van der Waals surface area (Å²) in [7, 11) is 0. The van der Waals surface area contributed by atoms with Crippen molar-refractivity contribution in [3.8, 4) is 0 Å². The van der Waals surface area contributed by atoms with E-state index in [1.54, 1.807) is 6.20 Å². The van der Waals surface area contributed by atoms with E-state index in [0.717, 1.165) is 22.5 Å². The fourth-order valence-electron chi connectivity index (χ4n) is 1.26. The van der Waals surface area contributed by atoms with Gasteiger partial charge in [-0.15, -0.1) is 0 Å². The minimum Gasteiger partial charge on any atom is -0.446 e. The molecule has 0 spiro atoms. The van der Waals surface area contributed by atoms with Crippen LogP contribution in [0.2, 0.25) is 0 Å². The van der Waals surface area contributed by atoms with Gasteiger partial charge in [-0.25, -0.2) is 4.98 Å². The lowest BCUT2D eigenvalue weighted by Crippen LogP contribution is -1.86. The van der Waals surface area contributed by atoms with E-state index in [1.807, 2.05) is 19.1 Å². The summed E-state index contributed by atoms with van der Waals surface area (Å²) in [5, 5.41) is 0. The highest BCUT2D eigenvalue weighted by Crippen LogP contribution is 2.13. The topological polar surface area (TPSA) is 26.0 Å². The van der Waals surface area contributed by atoms with E-state index >= 15 is 0 Å². The molecule has 0 saturated carbocycles. The molecule has 0 saturated heterocycles. The van der Waals surface area contributed by atoms with Crippen LogP contribution in [0.15, 0.2) is 39.4 Å². The Balaban J connectivity index is 2.15. The van der Waals surface area contributed by atoms with Crippen LogP contribution in [0.5, 0.6) is 0 Å². The summed E-state index contributed by atoms with van der Waals surface area (Å²) < 4.78 is 6.48. The second kappa shape index (κ2) is 3.96. The van der Waals surface area contributed by atoms with Crippen molar-refractivity contribution in [3.05, 3.63) is 52.1 Å². The van der Waals surface area contributed by atoms with Crippen LogP contribution in [0.1, 0.15) is 17.2 Å². The van der Waals surface area contributed by atoms with Gasteiger partial charge in [0.1, 0.15) is 5.76 Å². The zero-order valence-corrected chi connectivity index (χ0v) is 9.41. The predicted molar refractivity (Wildman–Crippen MR) is 58.2 cm³/mol. The monoisotopic (exact) mass is 251 g/mol. The van der Waals surface area contributed by atoms with Gasteiger partial charge < -0.3 is 4.42 Å². The molecule has 3 heteroatoms. The Morgan fingerprint density at radius 2 is 2.00 bits per heavy atom. The lowest BCUT2D eigenvalue weighted by molar-refractivity contribution is 0.481. The molecule has 0 aliphatic rings. The number of hydrogen-bond donors (Lipinski definition) is 0. The molecular weight excluding hydrogens is 242 g/mol. The lowest BCUT2D eigenvalue weighted by atomic mass is 10.1. The molecule has 0 N–H and O–H groups in total. The second-order valence-electron chi connectivity index (χ2n) is 3.17. The minimum atomic E-state index is 0.751. The van der Waals surface area contributed by atoms with E-state index in [0.29, 0.717) is 0 Å². The van der Waals surface area contributed by atoms with E-state index < -0.39 is 0 Å². The van der Waals surface area contributed by atoms with Crippen molar-refractivity contribution in [1.29, 1.82) is 0 Å². The number of aromatic nitrogens is 1. The van der Waals surface area contributed by atoms with Crippen molar-refractivity contribution in [3.63, 3.8) is 0 Å². The predicted octanol–water partition coefficient (Wildman–Crippen LogP) is 3.34. The second-order valence-corrected chi connectivity index (χ2v) is 4.08. The molecule has 0 atom stereocenters. The van der Waals surface area contributed by atoms with Gasteiger partial charge in [0, 0.05) is 10.9 Å². The maximum absolute atomic E-state index is 5.39. The van der Waals surface area contributed by atoms with Gasteiger partial charge in [0.05, 0.1) is 6.20 Å². The van der Waals surface area contributed by atoms with Gasteiger partial charge in [-0.2, -0.15) is 0 Å². The summed E-state index contributed by atoms with van der Waals surface area (Å²) in [6, 6.07) is 8.16. The quantitative estimate of drug-likeness (QED) is 0.819. The smallest absolute Gasteiger partial charge is 0.198 e. The van der Waals surface area contributed by atoms with E-state index in [9.17, 15) is 0 Å². The Morgan fingerprint density at radius 1 is 1.29 bits per heavy atom. The highest BCUT2D eigenvalue weighted by Gasteiger charge is 2.01. The van der Waals surface area contributed by atoms with Gasteiger partial charge in [0.25, 0.3) is 0 Å². The number of benzene rings is 1. The summed E-state index contributed by atoms with van der Waals surface area (Å²) in [5.41, 5.74) is 1.20. The Labute approximate surface area is 91.1 Å². The zero-order valence-electron chi connectivity index (χ0n) is 7.83. The fraction of sp³-hybridized carbons (Fsp3) is 0.182. The molecule has 0 amide bonds. The summed E-state index contributed by atoms with van der Waals surface area (Å²) >= 11 is 3.40. The van der Waals surface area contributed by atoms with Crippen LogP contribution in [-0.4, -0.2) is 4.98 Å². The van der Waals surface area contributed by atoms with Crippen LogP contribution in [0.3, 0.4) is 0 Å². The Morgan fingerprint density at radius 3 is 2.57 bits per heavy atom. The maximum Gasteiger partial charge on any atom is 0.198 e. The largest absolute Gasteiger partial charge is 0.446 e. The molecule has 0 fully saturated rings. The van der Waals surface area contributed by atoms with Gasteiger partial charge >= 0.3 is 0 Å². The van der Waals surface area contributed by atoms with Crippen molar-refractivity contribution in [1.82, 2.24) is 4.98 Å². The number of rotatable bonds is 2. The highest BCUT2D eigenvalue weighted by molar-refractivity contribution is 9.10. The van der Waals surface area contributed by atoms with Crippen LogP contribution < -0.4 is 0 Å². The minimum absolute atomic E-state index is 0.751. The standard InChI is InChI=1S/C11H10BrNO/c1-8-7-13-11(14-8)6-9-2-4-10(12)5-3-9/h2-5,7H,6H2,1H3. The molecule has 0 unspecified atom stereocenters. The molecule has 2 aromatic rings. The van der Waals surface area contributed by atoms with Crippen LogP contribution >= 0.6 is 15.9 Å². The van der Waals surface area contributed by atoms with Crippen LogP contribution in [0, 0.1) is 6.92 Å². The molecular formula is C11H10BrNO. The first-order valence-electron chi connectivity index (χ1n) is 4.40. The Kier molecular flexibility index (Phi) is 2.68. The molecule has 72 valence electrons. The normalized spacial score (nSPS) is 10.4. The van der Waals surface area contributed by atoms with Gasteiger partial charge in [-0.3, -0.25) is 0 Å². The third-order valence-electron chi connectivity index (χ3n) is 1.94. The van der Waals surface area contributed by atoms with Gasteiger partial charge in [-0.05, 0) is 24.6 Å². The highest BCUT2D eigenvalue weighted by atomic mass is 79.9. The van der Waals surface area contributed by atoms with Gasteiger partial charge in [-0.1, -0.05) is 28.1 Å². The van der Waals surface area contributed by atoms with E-state index in [4.69, 9.17) is 4.42 Å². The lowest BCUT2D eigenvalue weighted by Gasteiger charge is -1.97. The number of nitrogens with zero attached hydrogens (tertiary/aromatic N) is 1. The molecule has 2 rings (SSSR count). The number of aryl methyl sites for hydroxylation is 1. The number of hydrogen-bond acceptors (Lipinski definition) is 2. The van der Waals surface area contributed by atoms with Crippen molar-refractivity contribution < 1.29 is 4.42 Å². The Bertz CT molecular complexity index is 419. The number of halogens is 1. The molecule has 0 aliphatic carbocycles. The molecule has 2 nitrogen and oxygen atoms in total. The van der Waals surface area contributed by atoms with Gasteiger partial charge in [0.2, 0.25) is 0 Å².